The number of aromatic nitrogens is 5. The minimum Gasteiger partial charge on any atom is -0.494 e. The van der Waals surface area contributed by atoms with Gasteiger partial charge < -0.3 is 25.0 Å². The van der Waals surface area contributed by atoms with E-state index in [1.165, 1.54) is 10.9 Å². The van der Waals surface area contributed by atoms with Crippen LogP contribution in [0, 0.1) is 0 Å². The molecule has 59 heavy (non-hydrogen) atoms. The molecule has 0 radical (unpaired) electrons. The number of amides is 3. The van der Waals surface area contributed by atoms with E-state index in [0.29, 0.717) is 72.2 Å². The third-order valence-corrected chi connectivity index (χ3v) is 11.7. The van der Waals surface area contributed by atoms with E-state index in [0.717, 1.165) is 61.2 Å². The Kier molecular flexibility index (Phi) is 11.0. The first-order valence-corrected chi connectivity index (χ1v) is 20.4. The maximum atomic E-state index is 13.5. The summed E-state index contributed by atoms with van der Waals surface area (Å²) in [4.78, 5) is 68.2. The number of aliphatic hydroxyl groups is 1. The van der Waals surface area contributed by atoms with Crippen molar-refractivity contribution >= 4 is 46.1 Å². The Balaban J connectivity index is 0.821. The number of nitrogens with zero attached hydrogens (tertiary/aromatic N) is 7. The molecule has 2 aliphatic heterocycles. The summed E-state index contributed by atoms with van der Waals surface area (Å²) >= 11 is 0. The van der Waals surface area contributed by atoms with Crippen molar-refractivity contribution in [1.82, 2.24) is 34.5 Å². The van der Waals surface area contributed by atoms with Crippen LogP contribution in [0.25, 0.3) is 16.9 Å². The highest BCUT2D eigenvalue weighted by Crippen LogP contribution is 2.38. The third kappa shape index (κ3) is 7.81. The molecule has 5 heterocycles. The van der Waals surface area contributed by atoms with E-state index in [-0.39, 0.29) is 30.3 Å². The number of pyridine rings is 1. The second-order valence-corrected chi connectivity index (χ2v) is 15.6. The summed E-state index contributed by atoms with van der Waals surface area (Å²) in [7, 11) is 2.07. The summed E-state index contributed by atoms with van der Waals surface area (Å²) in [5, 5.41) is 17.2. The fraction of sp³-hybridized carbons (Fsp3) is 0.386. The zero-order valence-corrected chi connectivity index (χ0v) is 33.4. The van der Waals surface area contributed by atoms with Crippen LogP contribution in [0.1, 0.15) is 85.5 Å². The average molecular weight is 800 g/mol. The number of benzene rings is 2. The number of carbonyl (C=O) groups is 3. The topological polar surface area (TPSA) is 177 Å². The lowest BCUT2D eigenvalue weighted by molar-refractivity contribution is -0.136. The molecule has 1 fully saturated rings. The zero-order valence-electron chi connectivity index (χ0n) is 33.4. The van der Waals surface area contributed by atoms with Crippen molar-refractivity contribution in [1.29, 1.82) is 0 Å². The van der Waals surface area contributed by atoms with Crippen molar-refractivity contribution in [2.75, 3.05) is 30.4 Å². The molecule has 2 atom stereocenters. The fourth-order valence-electron chi connectivity index (χ4n) is 8.31. The Morgan fingerprint density at radius 1 is 1.02 bits per heavy atom. The molecular formula is C44H49N9O6. The largest absolute Gasteiger partial charge is 0.494 e. The van der Waals surface area contributed by atoms with E-state index in [1.54, 1.807) is 27.8 Å². The van der Waals surface area contributed by atoms with Crippen LogP contribution in [-0.4, -0.2) is 78.3 Å². The lowest BCUT2D eigenvalue weighted by atomic mass is 9.98. The van der Waals surface area contributed by atoms with Crippen LogP contribution in [0.4, 0.5) is 17.3 Å². The number of hydrogen-bond donors (Lipinski definition) is 3. The van der Waals surface area contributed by atoms with Crippen molar-refractivity contribution < 1.29 is 24.2 Å². The number of hydrogen-bond acceptors (Lipinski definition) is 11. The van der Waals surface area contributed by atoms with Crippen LogP contribution in [0.3, 0.4) is 0 Å². The highest BCUT2D eigenvalue weighted by atomic mass is 16.5. The molecule has 1 aliphatic carbocycles. The van der Waals surface area contributed by atoms with Crippen LogP contribution < -0.4 is 25.8 Å². The third-order valence-electron chi connectivity index (χ3n) is 11.7. The van der Waals surface area contributed by atoms with Gasteiger partial charge in [-0.3, -0.25) is 24.5 Å². The smallest absolute Gasteiger partial charge is 0.278 e. The van der Waals surface area contributed by atoms with Crippen molar-refractivity contribution in [3.05, 3.63) is 106 Å². The highest BCUT2D eigenvalue weighted by Gasteiger charge is 2.39. The van der Waals surface area contributed by atoms with Crippen LogP contribution in [0.5, 0.6) is 5.75 Å². The van der Waals surface area contributed by atoms with Crippen molar-refractivity contribution in [2.24, 2.45) is 0 Å². The van der Waals surface area contributed by atoms with Crippen molar-refractivity contribution in [3.63, 3.8) is 0 Å². The standard InChI is InChI=1S/C44H49N9O6/c1-4-22-52-42(57)34-26-45-43(49-39(34)53(52)36-18-10-28-20-21-44(58,5-2)38(28)47-36)46-30-11-13-31(14-12-30)50(3)23-8-6-7-9-24-59-32-15-16-33-29(25-32)27-51(41(33)56)35-17-19-37(54)48-40(35)55/h4,10-16,18,25-26,35,58H,1,5-9,17,19-24,27H2,2-3H3,(H,45,46,49)(H,48,54,55)/t35?,44-/m1/s1. The molecule has 3 aromatic heterocycles. The van der Waals surface area contributed by atoms with Gasteiger partial charge in [-0.05, 0) is 98.2 Å². The zero-order chi connectivity index (χ0) is 41.3. The number of piperidine rings is 1. The number of carbonyl (C=O) groups excluding carboxylic acids is 3. The molecule has 0 bridgehead atoms. The van der Waals surface area contributed by atoms with E-state index < -0.39 is 17.6 Å². The van der Waals surface area contributed by atoms with Crippen LogP contribution in [0.15, 0.2) is 78.2 Å². The summed E-state index contributed by atoms with van der Waals surface area (Å²) in [6.07, 6.45) is 9.65. The van der Waals surface area contributed by atoms with Crippen LogP contribution in [0.2, 0.25) is 0 Å². The van der Waals surface area contributed by atoms with Gasteiger partial charge in [0.2, 0.25) is 17.8 Å². The van der Waals surface area contributed by atoms with Gasteiger partial charge in [-0.25, -0.2) is 19.3 Å². The normalized spacial score (nSPS) is 18.5. The maximum Gasteiger partial charge on any atom is 0.278 e. The summed E-state index contributed by atoms with van der Waals surface area (Å²) < 4.78 is 9.23. The van der Waals surface area contributed by atoms with Gasteiger partial charge in [0.15, 0.2) is 11.5 Å². The summed E-state index contributed by atoms with van der Waals surface area (Å²) in [6, 6.07) is 16.7. The SMILES string of the molecule is C=CCn1c(=O)c2cnc(Nc3ccc(N(C)CCCCCCOc4ccc5c(c4)CN(C4CCC(=O)NC4=O)C5=O)cc3)nc2n1-c1ccc2c(n1)[C@@](O)(CC)CC2. The number of imide groups is 1. The van der Waals surface area contributed by atoms with Gasteiger partial charge in [0, 0.05) is 49.7 Å². The van der Waals surface area contributed by atoms with Gasteiger partial charge in [0.05, 0.1) is 18.8 Å². The Morgan fingerprint density at radius 3 is 2.61 bits per heavy atom. The number of anilines is 3. The molecule has 1 saturated heterocycles. The van der Waals surface area contributed by atoms with E-state index >= 15 is 0 Å². The number of aryl methyl sites for hydroxylation is 1. The number of fused-ring (bicyclic) bond motifs is 3. The molecule has 3 aliphatic rings. The van der Waals surface area contributed by atoms with Gasteiger partial charge in [-0.2, -0.15) is 4.98 Å². The number of ether oxygens (including phenoxy) is 1. The number of unbranched alkanes of at least 4 members (excludes halogenated alkanes) is 3. The second kappa shape index (κ2) is 16.5. The first-order chi connectivity index (χ1) is 28.6. The molecule has 2 aromatic carbocycles. The predicted octanol–water partition coefficient (Wildman–Crippen LogP) is 5.29. The summed E-state index contributed by atoms with van der Waals surface area (Å²) in [5.41, 5.74) is 4.09. The number of allylic oxidation sites excluding steroid dienone is 1. The molecule has 306 valence electrons. The molecule has 15 nitrogen and oxygen atoms in total. The average Bonchev–Trinajstić information content (AvgIpc) is 3.85. The van der Waals surface area contributed by atoms with Gasteiger partial charge in [-0.15, -0.1) is 6.58 Å². The first kappa shape index (κ1) is 39.5. The first-order valence-electron chi connectivity index (χ1n) is 20.4. The summed E-state index contributed by atoms with van der Waals surface area (Å²) in [5.74, 6) is 0.624. The minimum absolute atomic E-state index is 0.191. The monoisotopic (exact) mass is 799 g/mol. The Labute approximate surface area is 341 Å². The molecule has 5 aromatic rings. The molecule has 3 amide bonds. The fourth-order valence-corrected chi connectivity index (χ4v) is 8.31. The number of nitrogens with one attached hydrogen (secondary N) is 2. The molecular weight excluding hydrogens is 751 g/mol. The molecule has 0 saturated carbocycles. The molecule has 3 N–H and O–H groups in total. The molecule has 0 spiro atoms. The van der Waals surface area contributed by atoms with Gasteiger partial charge in [0.25, 0.3) is 11.5 Å². The Bertz CT molecular complexity index is 2500. The lowest BCUT2D eigenvalue weighted by Gasteiger charge is -2.29. The highest BCUT2D eigenvalue weighted by molar-refractivity contribution is 6.05. The minimum atomic E-state index is -0.999. The number of rotatable bonds is 16. The van der Waals surface area contributed by atoms with Crippen LogP contribution in [-0.2, 0) is 34.7 Å². The molecule has 1 unspecified atom stereocenters. The van der Waals surface area contributed by atoms with Crippen LogP contribution >= 0.6 is 0 Å². The van der Waals surface area contributed by atoms with Gasteiger partial charge >= 0.3 is 0 Å². The van der Waals surface area contributed by atoms with E-state index in [4.69, 9.17) is 14.7 Å². The van der Waals surface area contributed by atoms with Gasteiger partial charge in [0.1, 0.15) is 22.8 Å². The maximum absolute atomic E-state index is 13.5. The Morgan fingerprint density at radius 2 is 1.83 bits per heavy atom. The molecule has 15 heteroatoms. The summed E-state index contributed by atoms with van der Waals surface area (Å²) in [6.45, 7) is 7.82. The Hall–Kier alpha value is -6.35. The van der Waals surface area contributed by atoms with Crippen molar-refractivity contribution in [2.45, 2.75) is 89.4 Å². The van der Waals surface area contributed by atoms with Crippen molar-refractivity contribution in [3.8, 4) is 11.6 Å². The van der Waals surface area contributed by atoms with Gasteiger partial charge in [-0.1, -0.05) is 31.9 Å². The van der Waals surface area contributed by atoms with E-state index in [2.05, 4.69) is 34.1 Å². The predicted molar refractivity (Wildman–Crippen MR) is 223 cm³/mol. The lowest BCUT2D eigenvalue weighted by Crippen LogP contribution is -2.52. The second-order valence-electron chi connectivity index (χ2n) is 15.6. The molecule has 8 rings (SSSR count). The van der Waals surface area contributed by atoms with E-state index in [1.807, 2.05) is 49.4 Å². The quantitative estimate of drug-likeness (QED) is 0.0672. The van der Waals surface area contributed by atoms with E-state index in [9.17, 15) is 24.3 Å².